The third-order valence-electron chi connectivity index (χ3n) is 11.4. The van der Waals surface area contributed by atoms with Crippen molar-refractivity contribution >= 4 is 80.9 Å². The fourth-order valence-electron chi connectivity index (χ4n) is 8.79. The minimum absolute atomic E-state index is 0.121. The molecule has 1 atom stereocenters. The molecule has 3 heterocycles. The maximum atomic E-state index is 6.58. The summed E-state index contributed by atoms with van der Waals surface area (Å²) in [6.45, 7) is 0. The van der Waals surface area contributed by atoms with Crippen molar-refractivity contribution in [2.45, 2.75) is 12.3 Å². The molecule has 8 aromatic carbocycles. The molecule has 1 aliphatic rings. The normalized spacial score (nSPS) is 14.1. The van der Waals surface area contributed by atoms with Gasteiger partial charge in [0, 0.05) is 42.2 Å². The maximum Gasteiger partial charge on any atom is 0.163 e. The lowest BCUT2D eigenvalue weighted by molar-refractivity contribution is 0.586. The molecule has 3 aromatic heterocycles. The second-order valence-corrected chi connectivity index (χ2v) is 15.7. The molecule has 0 saturated carbocycles. The molecule has 0 aliphatic heterocycles. The van der Waals surface area contributed by atoms with Gasteiger partial charge in [-0.2, -0.15) is 0 Å². The molecular weight excluding hydrogens is 703 g/mol. The van der Waals surface area contributed by atoms with Crippen LogP contribution in [0.3, 0.4) is 0 Å². The summed E-state index contributed by atoms with van der Waals surface area (Å²) in [7, 11) is 0. The molecule has 4 nitrogen and oxygen atoms in total. The van der Waals surface area contributed by atoms with Crippen LogP contribution in [0.2, 0.25) is 0 Å². The van der Waals surface area contributed by atoms with E-state index in [-0.39, 0.29) is 5.92 Å². The molecule has 0 N–H and O–H groups in total. The van der Waals surface area contributed by atoms with E-state index in [2.05, 4.69) is 152 Å². The summed E-state index contributed by atoms with van der Waals surface area (Å²) in [5.74, 6) is 2.81. The first-order valence-electron chi connectivity index (χ1n) is 19.0. The van der Waals surface area contributed by atoms with Crippen molar-refractivity contribution in [2.75, 3.05) is 0 Å². The summed E-state index contributed by atoms with van der Waals surface area (Å²) in [4.78, 5) is 15.6. The van der Waals surface area contributed by atoms with Crippen molar-refractivity contribution in [2.24, 2.45) is 0 Å². The molecule has 1 aliphatic carbocycles. The highest BCUT2D eigenvalue weighted by Gasteiger charge is 2.29. The highest BCUT2D eigenvalue weighted by Crippen LogP contribution is 2.46. The van der Waals surface area contributed by atoms with Crippen molar-refractivity contribution in [3.8, 4) is 33.9 Å². The number of fused-ring (bicyclic) bond motifs is 11. The van der Waals surface area contributed by atoms with E-state index < -0.39 is 0 Å². The van der Waals surface area contributed by atoms with E-state index in [0.29, 0.717) is 11.6 Å². The van der Waals surface area contributed by atoms with Gasteiger partial charge in [0.15, 0.2) is 11.6 Å². The van der Waals surface area contributed by atoms with Crippen LogP contribution in [0, 0.1) is 0 Å². The first-order chi connectivity index (χ1) is 27.7. The van der Waals surface area contributed by atoms with Gasteiger partial charge >= 0.3 is 0 Å². The lowest BCUT2D eigenvalue weighted by Crippen LogP contribution is -2.11. The van der Waals surface area contributed by atoms with Crippen LogP contribution in [0.4, 0.5) is 0 Å². The molecule has 0 amide bonds. The van der Waals surface area contributed by atoms with Gasteiger partial charge in [0.2, 0.25) is 0 Å². The number of benzene rings is 8. The van der Waals surface area contributed by atoms with Crippen LogP contribution in [0.25, 0.3) is 103 Å². The predicted molar refractivity (Wildman–Crippen MR) is 233 cm³/mol. The number of rotatable bonds is 4. The molecular formula is C51H31N3OS. The SMILES string of the molecule is C1=Cc2oc3ccc(-c4cccc5sc6c7ccccc7ccc6c45)cc3c2C(c2nc(-c3ccccc3)nc(-c3ccc4c(ccc5ccccc54)c3)n2)C1. The first-order valence-corrected chi connectivity index (χ1v) is 19.8. The van der Waals surface area contributed by atoms with E-state index in [0.717, 1.165) is 56.6 Å². The van der Waals surface area contributed by atoms with Gasteiger partial charge in [-0.3, -0.25) is 0 Å². The van der Waals surface area contributed by atoms with Crippen molar-refractivity contribution < 1.29 is 4.42 Å². The van der Waals surface area contributed by atoms with Gasteiger partial charge in [0.1, 0.15) is 17.2 Å². The molecule has 0 saturated heterocycles. The van der Waals surface area contributed by atoms with Crippen LogP contribution >= 0.6 is 11.3 Å². The lowest BCUT2D eigenvalue weighted by atomic mass is 9.87. The lowest BCUT2D eigenvalue weighted by Gasteiger charge is -2.19. The second-order valence-electron chi connectivity index (χ2n) is 14.7. The smallest absolute Gasteiger partial charge is 0.163 e. The van der Waals surface area contributed by atoms with Crippen molar-refractivity contribution in [1.29, 1.82) is 0 Å². The van der Waals surface area contributed by atoms with Gasteiger partial charge in [-0.05, 0) is 80.2 Å². The van der Waals surface area contributed by atoms with E-state index in [1.54, 1.807) is 0 Å². The standard InChI is InChI=1S/C51H31N3OS/c1-2-12-32(13-3-1)49-52-50(35-23-25-37-33(28-35)21-20-30-10-4-6-14-36(30)37)54-51(53-49)41-17-8-18-44-46(41)42-29-34(24-27-43(42)55-44)38-16-9-19-45-47(38)40-26-22-31-11-5-7-15-39(31)48(40)56-45/h1-16,18-29,41H,17H2. The Morgan fingerprint density at radius 1 is 0.518 bits per heavy atom. The molecule has 5 heteroatoms. The van der Waals surface area contributed by atoms with Gasteiger partial charge in [-0.25, -0.2) is 15.0 Å². The Balaban J connectivity index is 1.03. The summed E-state index contributed by atoms with van der Waals surface area (Å²) < 4.78 is 9.20. The Kier molecular flexibility index (Phi) is 6.89. The van der Waals surface area contributed by atoms with Crippen molar-refractivity contribution in [1.82, 2.24) is 15.0 Å². The molecule has 0 fully saturated rings. The van der Waals surface area contributed by atoms with Gasteiger partial charge in [0.05, 0.1) is 5.92 Å². The highest BCUT2D eigenvalue weighted by molar-refractivity contribution is 7.26. The Labute approximate surface area is 326 Å². The average Bonchev–Trinajstić information content (AvgIpc) is 3.85. The molecule has 1 unspecified atom stereocenters. The van der Waals surface area contributed by atoms with Crippen LogP contribution in [0.1, 0.15) is 29.5 Å². The summed E-state index contributed by atoms with van der Waals surface area (Å²) in [6, 6.07) is 56.2. The molecule has 262 valence electrons. The van der Waals surface area contributed by atoms with Crippen LogP contribution in [-0.2, 0) is 0 Å². The van der Waals surface area contributed by atoms with E-state index >= 15 is 0 Å². The van der Waals surface area contributed by atoms with Crippen LogP contribution in [0.5, 0.6) is 0 Å². The summed E-state index contributed by atoms with van der Waals surface area (Å²) in [5.41, 5.74) is 6.30. The summed E-state index contributed by atoms with van der Waals surface area (Å²) >= 11 is 1.88. The number of hydrogen-bond acceptors (Lipinski definition) is 5. The Morgan fingerprint density at radius 2 is 1.23 bits per heavy atom. The fraction of sp³-hybridized carbons (Fsp3) is 0.0392. The van der Waals surface area contributed by atoms with E-state index in [9.17, 15) is 0 Å². The Bertz CT molecular complexity index is 3410. The first kappa shape index (κ1) is 31.4. The molecule has 0 spiro atoms. The summed E-state index contributed by atoms with van der Waals surface area (Å²) in [6.07, 6.45) is 5.05. The number of aromatic nitrogens is 3. The van der Waals surface area contributed by atoms with E-state index in [1.165, 1.54) is 52.7 Å². The molecule has 0 radical (unpaired) electrons. The highest BCUT2D eigenvalue weighted by atomic mass is 32.1. The number of nitrogens with zero attached hydrogens (tertiary/aromatic N) is 3. The van der Waals surface area contributed by atoms with Crippen molar-refractivity contribution in [3.05, 3.63) is 181 Å². The van der Waals surface area contributed by atoms with Gasteiger partial charge in [-0.1, -0.05) is 140 Å². The number of furan rings is 1. The molecule has 11 aromatic rings. The van der Waals surface area contributed by atoms with E-state index in [1.807, 2.05) is 29.5 Å². The number of thiophene rings is 1. The molecule has 56 heavy (non-hydrogen) atoms. The molecule has 0 bridgehead atoms. The number of hydrogen-bond donors (Lipinski definition) is 0. The quantitative estimate of drug-likeness (QED) is 0.169. The predicted octanol–water partition coefficient (Wildman–Crippen LogP) is 14.0. The molecule has 12 rings (SSSR count). The zero-order chi connectivity index (χ0) is 36.7. The second kappa shape index (κ2) is 12.3. The third kappa shape index (κ3) is 4.88. The van der Waals surface area contributed by atoms with Gasteiger partial charge in [-0.15, -0.1) is 11.3 Å². The monoisotopic (exact) mass is 733 g/mol. The fourth-order valence-corrected chi connectivity index (χ4v) is 10.1. The van der Waals surface area contributed by atoms with Crippen LogP contribution in [0.15, 0.2) is 168 Å². The van der Waals surface area contributed by atoms with Crippen molar-refractivity contribution in [3.63, 3.8) is 0 Å². The minimum Gasteiger partial charge on any atom is -0.456 e. The largest absolute Gasteiger partial charge is 0.456 e. The van der Waals surface area contributed by atoms with Crippen LogP contribution in [-0.4, -0.2) is 15.0 Å². The topological polar surface area (TPSA) is 51.8 Å². The maximum absolute atomic E-state index is 6.58. The zero-order valence-electron chi connectivity index (χ0n) is 30.1. The van der Waals surface area contributed by atoms with E-state index in [4.69, 9.17) is 19.4 Å². The van der Waals surface area contributed by atoms with Gasteiger partial charge in [0.25, 0.3) is 0 Å². The third-order valence-corrected chi connectivity index (χ3v) is 12.6. The van der Waals surface area contributed by atoms with Crippen LogP contribution < -0.4 is 0 Å². The zero-order valence-corrected chi connectivity index (χ0v) is 30.9. The Hall–Kier alpha value is -6.95. The minimum atomic E-state index is -0.121. The average molecular weight is 734 g/mol. The number of allylic oxidation sites excluding steroid dienone is 1. The summed E-state index contributed by atoms with van der Waals surface area (Å²) in [5, 5.41) is 11.1. The Morgan fingerprint density at radius 3 is 2.12 bits per heavy atom. The van der Waals surface area contributed by atoms with Gasteiger partial charge < -0.3 is 4.42 Å².